The topological polar surface area (TPSA) is 187 Å². The van der Waals surface area contributed by atoms with Crippen LogP contribution in [0.2, 0.25) is 0 Å². The highest BCUT2D eigenvalue weighted by molar-refractivity contribution is 7.92. The number of carbonyl (C=O) groups is 1. The highest BCUT2D eigenvalue weighted by atomic mass is 32.2. The fraction of sp³-hybridized carbons (Fsp3) is 0.222. The maximum absolute atomic E-state index is 13.1. The number of amides is 2. The number of rotatable bonds is 8. The molecule has 2 aromatic heterocycles. The van der Waals surface area contributed by atoms with Crippen LogP contribution in [0.1, 0.15) is 25.3 Å². The normalized spacial score (nSPS) is 14.5. The van der Waals surface area contributed by atoms with Crippen LogP contribution in [0.5, 0.6) is 0 Å². The molecule has 1 aliphatic carbocycles. The molecule has 0 spiro atoms. The number of aromatic nitrogens is 2. The molecule has 1 aliphatic rings. The predicted molar refractivity (Wildman–Crippen MR) is 151 cm³/mol. The van der Waals surface area contributed by atoms with Crippen LogP contribution in [0.15, 0.2) is 68.8 Å². The fourth-order valence-electron chi connectivity index (χ4n) is 4.34. The molecule has 1 fully saturated rings. The van der Waals surface area contributed by atoms with Crippen LogP contribution in [0.3, 0.4) is 0 Å². The number of benzene rings is 2. The zero-order valence-corrected chi connectivity index (χ0v) is 24.2. The Morgan fingerprint density at radius 1 is 1.11 bits per heavy atom. The average Bonchev–Trinajstić information content (AvgIpc) is 3.67. The Bertz CT molecular complexity index is 2070. The lowest BCUT2D eigenvalue weighted by molar-refractivity contribution is -0.0436. The molecule has 2 N–H and O–H groups in total. The molecule has 228 valence electrons. The van der Waals surface area contributed by atoms with Gasteiger partial charge in [0.25, 0.3) is 9.84 Å². The van der Waals surface area contributed by atoms with Gasteiger partial charge < -0.3 is 4.42 Å². The maximum Gasteiger partial charge on any atom is 0.501 e. The van der Waals surface area contributed by atoms with Gasteiger partial charge >= 0.3 is 11.5 Å². The number of halogens is 3. The molecule has 0 bridgehead atoms. The Hall–Kier alpha value is -4.82. The molecule has 44 heavy (non-hydrogen) atoms. The number of nitrogens with one attached hydrogen (secondary N) is 2. The molecule has 5 rings (SSSR count). The minimum atomic E-state index is -5.70. The first-order chi connectivity index (χ1) is 20.7. The first kappa shape index (κ1) is 30.6. The minimum absolute atomic E-state index is 0.153. The van der Waals surface area contributed by atoms with Crippen LogP contribution in [0.4, 0.5) is 29.5 Å². The summed E-state index contributed by atoms with van der Waals surface area (Å²) in [4.78, 5) is 20.8. The molecule has 17 heteroatoms. The van der Waals surface area contributed by atoms with E-state index in [1.54, 1.807) is 24.3 Å². The average molecular weight is 647 g/mol. The molecule has 0 saturated heterocycles. The van der Waals surface area contributed by atoms with E-state index in [4.69, 9.17) is 9.83 Å². The van der Waals surface area contributed by atoms with Gasteiger partial charge in [0.1, 0.15) is 17.0 Å². The number of anilines is 2. The fourth-order valence-corrected chi connectivity index (χ4v) is 6.13. The summed E-state index contributed by atoms with van der Waals surface area (Å²) >= 11 is 0. The molecular weight excluding hydrogens is 625 g/mol. The van der Waals surface area contributed by atoms with Crippen molar-refractivity contribution in [1.29, 1.82) is 10.7 Å². The Balaban J connectivity index is 1.50. The van der Waals surface area contributed by atoms with Crippen LogP contribution in [0.25, 0.3) is 22.7 Å². The lowest BCUT2D eigenvalue weighted by Gasteiger charge is -2.19. The van der Waals surface area contributed by atoms with Gasteiger partial charge in [-0.2, -0.15) is 18.4 Å². The van der Waals surface area contributed by atoms with Crippen molar-refractivity contribution in [2.24, 2.45) is 0 Å². The van der Waals surface area contributed by atoms with E-state index in [2.05, 4.69) is 21.4 Å². The molecule has 2 heterocycles. The molecular formula is C27H21F3N6O6S2. The largest absolute Gasteiger partial charge is 0.501 e. The third-order valence-electron chi connectivity index (χ3n) is 6.99. The van der Waals surface area contributed by atoms with E-state index >= 15 is 0 Å². The van der Waals surface area contributed by atoms with Crippen molar-refractivity contribution < 1.29 is 39.2 Å². The Morgan fingerprint density at radius 2 is 1.80 bits per heavy atom. The van der Waals surface area contributed by atoms with E-state index in [9.17, 15) is 40.1 Å². The quantitative estimate of drug-likeness (QED) is 0.192. The van der Waals surface area contributed by atoms with Crippen molar-refractivity contribution in [3.63, 3.8) is 0 Å². The summed E-state index contributed by atoms with van der Waals surface area (Å²) < 4.78 is 94.1. The van der Waals surface area contributed by atoms with Gasteiger partial charge in [-0.1, -0.05) is 19.1 Å². The number of hydrogen-bond acceptors (Lipinski definition) is 10. The van der Waals surface area contributed by atoms with E-state index in [-0.39, 0.29) is 27.6 Å². The van der Waals surface area contributed by atoms with Gasteiger partial charge in [-0.25, -0.2) is 31.6 Å². The number of urea groups is 1. The van der Waals surface area contributed by atoms with Crippen molar-refractivity contribution in [2.75, 3.05) is 16.0 Å². The van der Waals surface area contributed by atoms with Crippen molar-refractivity contribution in [3.8, 4) is 17.7 Å². The number of fused-ring (bicyclic) bond motifs is 1. The molecule has 0 radical (unpaired) electrons. The van der Waals surface area contributed by atoms with Gasteiger partial charge in [0.2, 0.25) is 5.89 Å². The number of oxazole rings is 1. The van der Waals surface area contributed by atoms with Crippen molar-refractivity contribution in [3.05, 3.63) is 60.2 Å². The van der Waals surface area contributed by atoms with Gasteiger partial charge in [-0.05, 0) is 60.9 Å². The van der Waals surface area contributed by atoms with Crippen LogP contribution in [0, 0.1) is 16.7 Å². The summed E-state index contributed by atoms with van der Waals surface area (Å²) in [6.07, 6.45) is 2.19. The molecule has 12 nitrogen and oxygen atoms in total. The third kappa shape index (κ3) is 5.37. The molecule has 2 amide bonds. The van der Waals surface area contributed by atoms with E-state index in [1.807, 2.05) is 0 Å². The molecule has 0 atom stereocenters. The summed E-state index contributed by atoms with van der Waals surface area (Å²) in [5, 5.41) is 19.6. The highest BCUT2D eigenvalue weighted by Gasteiger charge is 2.47. The van der Waals surface area contributed by atoms with Gasteiger partial charge in [0, 0.05) is 0 Å². The van der Waals surface area contributed by atoms with E-state index < -0.39 is 53.1 Å². The summed E-state index contributed by atoms with van der Waals surface area (Å²) in [5.41, 5.74) is -5.89. The molecule has 0 aliphatic heterocycles. The highest BCUT2D eigenvalue weighted by Crippen LogP contribution is 2.47. The Morgan fingerprint density at radius 3 is 2.36 bits per heavy atom. The Labute approximate surface area is 248 Å². The van der Waals surface area contributed by atoms with Crippen LogP contribution < -0.4 is 10.2 Å². The lowest BCUT2D eigenvalue weighted by Crippen LogP contribution is -2.33. The number of sulfone groups is 2. The van der Waals surface area contributed by atoms with Gasteiger partial charge in [-0.15, -0.1) is 0 Å². The van der Waals surface area contributed by atoms with E-state index in [0.29, 0.717) is 17.8 Å². The van der Waals surface area contributed by atoms with Crippen LogP contribution >= 0.6 is 0 Å². The second-order valence-electron chi connectivity index (χ2n) is 9.71. The summed E-state index contributed by atoms with van der Waals surface area (Å²) in [6, 6.07) is 12.5. The van der Waals surface area contributed by atoms with Crippen molar-refractivity contribution >= 4 is 54.6 Å². The number of nitrogens with zero attached hydrogens (tertiary/aromatic N) is 4. The minimum Gasteiger partial charge on any atom is -0.435 e. The van der Waals surface area contributed by atoms with Gasteiger partial charge in [0.05, 0.1) is 39.1 Å². The molecule has 0 unspecified atom stereocenters. The second-order valence-corrected chi connectivity index (χ2v) is 13.9. The van der Waals surface area contributed by atoms with E-state index in [1.165, 1.54) is 13.0 Å². The second kappa shape index (κ2) is 10.7. The number of pyridine rings is 1. The number of hydrogen-bond donors (Lipinski definition) is 2. The first-order valence-corrected chi connectivity index (χ1v) is 15.9. The van der Waals surface area contributed by atoms with Gasteiger partial charge in [0.15, 0.2) is 15.4 Å². The predicted octanol–water partition coefficient (Wildman–Crippen LogP) is 5.18. The SMILES string of the molecule is CCS(=O)(=O)c1ccc(NC(=O)N(C=N)c2ccc(C3(C#N)CC3)cc2)nc1-c1nc2cc(S(=O)(=O)C(F)(F)F)ccc2o1. The van der Waals surface area contributed by atoms with E-state index in [0.717, 1.165) is 41.8 Å². The first-order valence-electron chi connectivity index (χ1n) is 12.7. The maximum atomic E-state index is 13.1. The van der Waals surface area contributed by atoms with Crippen LogP contribution in [-0.2, 0) is 25.1 Å². The Kier molecular flexibility index (Phi) is 7.46. The zero-order valence-electron chi connectivity index (χ0n) is 22.6. The number of carbonyl (C=O) groups excluding carboxylic acids is 1. The lowest BCUT2D eigenvalue weighted by atomic mass is 9.97. The molecule has 2 aromatic carbocycles. The monoisotopic (exact) mass is 646 g/mol. The van der Waals surface area contributed by atoms with Crippen LogP contribution in [-0.4, -0.2) is 50.4 Å². The third-order valence-corrected chi connectivity index (χ3v) is 10.2. The summed E-state index contributed by atoms with van der Waals surface area (Å²) in [7, 11) is -9.68. The van der Waals surface area contributed by atoms with Crippen molar-refractivity contribution in [1.82, 2.24) is 9.97 Å². The standard InChI is InChI=1S/C27H21F3N6O6S2/c1-2-43(38,39)21-9-10-22(35-25(37)36(15-32)17-5-3-16(4-6-17)26(14-31)11-12-26)34-23(21)24-33-19-13-18(7-8-20(19)42-24)44(40,41)27(28,29)30/h3-10,13,15,32H,2,11-12H2,1H3,(H,34,35,37). The molecule has 1 saturated carbocycles. The number of nitriles is 1. The van der Waals surface area contributed by atoms with Gasteiger partial charge in [-0.3, -0.25) is 15.6 Å². The zero-order chi connectivity index (χ0) is 32.1. The number of alkyl halides is 3. The summed E-state index contributed by atoms with van der Waals surface area (Å²) in [6.45, 7) is 1.37. The van der Waals surface area contributed by atoms with Crippen molar-refractivity contribution in [2.45, 2.75) is 40.5 Å². The smallest absolute Gasteiger partial charge is 0.435 e. The summed E-state index contributed by atoms with van der Waals surface area (Å²) in [5.74, 6) is -1.02. The molecule has 4 aromatic rings.